The number of ether oxygens (including phenoxy) is 2. The van der Waals surface area contributed by atoms with E-state index in [1.807, 2.05) is 5.32 Å². The summed E-state index contributed by atoms with van der Waals surface area (Å²) in [5.74, 6) is -3.43. The van der Waals surface area contributed by atoms with Gasteiger partial charge in [0.1, 0.15) is 0 Å². The van der Waals surface area contributed by atoms with E-state index in [0.29, 0.717) is 11.3 Å². The number of hydrogen-bond acceptors (Lipinski definition) is 8. The van der Waals surface area contributed by atoms with Crippen molar-refractivity contribution in [1.29, 1.82) is 0 Å². The lowest BCUT2D eigenvalue weighted by Gasteiger charge is -2.36. The summed E-state index contributed by atoms with van der Waals surface area (Å²) in [7, 11) is 1.18. The zero-order chi connectivity index (χ0) is 22.0. The molecule has 1 fully saturated rings. The summed E-state index contributed by atoms with van der Waals surface area (Å²) in [5, 5.41) is 2.04. The molecule has 0 radical (unpaired) electrons. The van der Waals surface area contributed by atoms with Crippen molar-refractivity contribution >= 4 is 35.6 Å². The van der Waals surface area contributed by atoms with Crippen molar-refractivity contribution in [1.82, 2.24) is 10.2 Å². The highest BCUT2D eigenvalue weighted by Gasteiger charge is 2.57. The first-order valence-electron chi connectivity index (χ1n) is 9.68. The van der Waals surface area contributed by atoms with E-state index in [1.54, 1.807) is 13.8 Å². The van der Waals surface area contributed by atoms with Crippen molar-refractivity contribution in [3.05, 3.63) is 0 Å². The fraction of sp³-hybridized carbons (Fsp3) is 0.684. The molecule has 10 heteroatoms. The molecule has 0 aromatic heterocycles. The van der Waals surface area contributed by atoms with Crippen molar-refractivity contribution in [2.24, 2.45) is 5.41 Å². The summed E-state index contributed by atoms with van der Waals surface area (Å²) >= 11 is 0. The number of esters is 2. The van der Waals surface area contributed by atoms with Crippen LogP contribution < -0.4 is 5.32 Å². The van der Waals surface area contributed by atoms with Gasteiger partial charge in [-0.3, -0.25) is 34.2 Å². The molecule has 0 spiro atoms. The first-order valence-corrected chi connectivity index (χ1v) is 9.68. The van der Waals surface area contributed by atoms with Crippen molar-refractivity contribution in [2.75, 3.05) is 20.3 Å². The van der Waals surface area contributed by atoms with Gasteiger partial charge in [-0.2, -0.15) is 0 Å². The minimum Gasteiger partial charge on any atom is -0.466 e. The van der Waals surface area contributed by atoms with Gasteiger partial charge in [-0.15, -0.1) is 0 Å². The normalized spacial score (nSPS) is 19.0. The van der Waals surface area contributed by atoms with E-state index in [2.05, 4.69) is 0 Å². The molecule has 0 aliphatic carbocycles. The largest absolute Gasteiger partial charge is 0.466 e. The zero-order valence-electron chi connectivity index (χ0n) is 17.1. The van der Waals surface area contributed by atoms with Crippen LogP contribution in [0.1, 0.15) is 58.8 Å². The SMILES string of the molecule is CCOC(=O)CCCCC(=O)C1(CCCC(=O)OCC)C(=O)NC(=O)N(C)C1=O. The van der Waals surface area contributed by atoms with Crippen LogP contribution in [0.25, 0.3) is 0 Å². The maximum Gasteiger partial charge on any atom is 0.330 e. The number of rotatable bonds is 12. The number of nitrogens with one attached hydrogen (secondary N) is 1. The van der Waals surface area contributed by atoms with Crippen molar-refractivity contribution in [2.45, 2.75) is 58.8 Å². The average Bonchev–Trinajstić information content (AvgIpc) is 2.66. The molecule has 1 aliphatic rings. The number of hydrogen-bond donors (Lipinski definition) is 1. The summed E-state index contributed by atoms with van der Waals surface area (Å²) in [6.45, 7) is 3.79. The topological polar surface area (TPSA) is 136 Å². The van der Waals surface area contributed by atoms with Gasteiger partial charge in [0.05, 0.1) is 13.2 Å². The van der Waals surface area contributed by atoms with Crippen LogP contribution in [0.15, 0.2) is 0 Å². The lowest BCUT2D eigenvalue weighted by atomic mass is 9.73. The number of barbiturate groups is 1. The van der Waals surface area contributed by atoms with E-state index in [4.69, 9.17) is 9.47 Å². The molecule has 1 heterocycles. The summed E-state index contributed by atoms with van der Waals surface area (Å²) < 4.78 is 9.63. The highest BCUT2D eigenvalue weighted by Crippen LogP contribution is 2.33. The van der Waals surface area contributed by atoms with Gasteiger partial charge in [0.2, 0.25) is 0 Å². The predicted molar refractivity (Wildman–Crippen MR) is 99.3 cm³/mol. The number of amides is 4. The Kier molecular flexibility index (Phi) is 9.43. The Morgan fingerprint density at radius 1 is 0.897 bits per heavy atom. The minimum absolute atomic E-state index is 0.0641. The van der Waals surface area contributed by atoms with Crippen LogP contribution in [0.5, 0.6) is 0 Å². The molecule has 29 heavy (non-hydrogen) atoms. The third kappa shape index (κ3) is 6.10. The summed E-state index contributed by atoms with van der Waals surface area (Å²) in [4.78, 5) is 73.6. The van der Waals surface area contributed by atoms with Gasteiger partial charge in [0.25, 0.3) is 11.8 Å². The number of Topliss-reactive ketones (excluding diaryl/α,β-unsaturated/α-hetero) is 1. The molecule has 1 saturated heterocycles. The van der Waals surface area contributed by atoms with Crippen LogP contribution >= 0.6 is 0 Å². The van der Waals surface area contributed by atoms with Gasteiger partial charge < -0.3 is 9.47 Å². The molecule has 1 N–H and O–H groups in total. The highest BCUT2D eigenvalue weighted by molar-refractivity contribution is 6.30. The zero-order valence-corrected chi connectivity index (χ0v) is 17.1. The first kappa shape index (κ1) is 24.3. The van der Waals surface area contributed by atoms with Crippen molar-refractivity contribution in [3.63, 3.8) is 0 Å². The molecular weight excluding hydrogens is 384 g/mol. The van der Waals surface area contributed by atoms with E-state index in [-0.39, 0.29) is 57.7 Å². The molecule has 10 nitrogen and oxygen atoms in total. The molecule has 1 rings (SSSR count). The van der Waals surface area contributed by atoms with Gasteiger partial charge in [0.15, 0.2) is 11.2 Å². The second kappa shape index (κ2) is 11.3. The summed E-state index contributed by atoms with van der Waals surface area (Å²) in [5.41, 5.74) is -2.07. The smallest absolute Gasteiger partial charge is 0.330 e. The molecule has 1 atom stereocenters. The molecule has 1 aliphatic heterocycles. The Balaban J connectivity index is 2.87. The summed E-state index contributed by atoms with van der Waals surface area (Å²) in [6, 6.07) is -0.906. The van der Waals surface area contributed by atoms with Crippen molar-refractivity contribution < 1.29 is 38.2 Å². The Morgan fingerprint density at radius 3 is 1.97 bits per heavy atom. The van der Waals surface area contributed by atoms with Crippen LogP contribution in [-0.4, -0.2) is 60.7 Å². The maximum atomic E-state index is 12.9. The maximum absolute atomic E-state index is 12.9. The second-order valence-corrected chi connectivity index (χ2v) is 6.62. The fourth-order valence-electron chi connectivity index (χ4n) is 3.10. The molecule has 0 aromatic rings. The second-order valence-electron chi connectivity index (χ2n) is 6.62. The molecule has 0 aromatic carbocycles. The third-order valence-electron chi connectivity index (χ3n) is 4.64. The number of unbranched alkanes of at least 4 members (excludes halogenated alkanes) is 1. The van der Waals surface area contributed by atoms with Crippen LogP contribution in [0.2, 0.25) is 0 Å². The van der Waals surface area contributed by atoms with E-state index in [1.165, 1.54) is 7.05 Å². The molecular formula is C19H28N2O8. The Morgan fingerprint density at radius 2 is 1.41 bits per heavy atom. The number of carbonyl (C=O) groups is 6. The van der Waals surface area contributed by atoms with Gasteiger partial charge in [0, 0.05) is 26.3 Å². The average molecular weight is 412 g/mol. The van der Waals surface area contributed by atoms with Crippen molar-refractivity contribution in [3.8, 4) is 0 Å². The monoisotopic (exact) mass is 412 g/mol. The first-order chi connectivity index (χ1) is 13.7. The number of nitrogens with zero attached hydrogens (tertiary/aromatic N) is 1. The highest BCUT2D eigenvalue weighted by atomic mass is 16.5. The number of ketones is 1. The van der Waals surface area contributed by atoms with E-state index >= 15 is 0 Å². The van der Waals surface area contributed by atoms with Crippen LogP contribution in [-0.2, 0) is 33.4 Å². The number of imide groups is 2. The minimum atomic E-state index is -2.07. The summed E-state index contributed by atoms with van der Waals surface area (Å²) in [6.07, 6.45) is 0.405. The third-order valence-corrected chi connectivity index (χ3v) is 4.64. The standard InChI is InChI=1S/C19H28N2O8/c1-4-28-14(23)10-7-6-9-13(22)19(12-8-11-15(24)29-5-2)16(25)20-18(27)21(3)17(19)26/h4-12H2,1-3H3,(H,20,25,27). The van der Waals surface area contributed by atoms with Crippen LogP contribution in [0, 0.1) is 5.41 Å². The Bertz CT molecular complexity index is 675. The Labute approximate surface area is 169 Å². The van der Waals surface area contributed by atoms with E-state index in [0.717, 1.165) is 0 Å². The van der Waals surface area contributed by atoms with E-state index < -0.39 is 35.0 Å². The van der Waals surface area contributed by atoms with Crippen LogP contribution in [0.3, 0.4) is 0 Å². The van der Waals surface area contributed by atoms with E-state index in [9.17, 15) is 28.8 Å². The van der Waals surface area contributed by atoms with Gasteiger partial charge in [-0.1, -0.05) is 0 Å². The van der Waals surface area contributed by atoms with Crippen LogP contribution in [0.4, 0.5) is 4.79 Å². The molecule has 0 saturated carbocycles. The lowest BCUT2D eigenvalue weighted by molar-refractivity contribution is -0.158. The lowest BCUT2D eigenvalue weighted by Crippen LogP contribution is -2.65. The fourth-order valence-corrected chi connectivity index (χ4v) is 3.10. The van der Waals surface area contributed by atoms with Gasteiger partial charge >= 0.3 is 18.0 Å². The molecule has 1 unspecified atom stereocenters. The number of urea groups is 1. The molecule has 4 amide bonds. The van der Waals surface area contributed by atoms with Gasteiger partial charge in [-0.05, 0) is 39.5 Å². The predicted octanol–water partition coefficient (Wildman–Crippen LogP) is 1.11. The number of carbonyl (C=O) groups excluding carboxylic acids is 6. The quantitative estimate of drug-likeness (QED) is 0.286. The molecule has 0 bridgehead atoms. The van der Waals surface area contributed by atoms with Gasteiger partial charge in [-0.25, -0.2) is 4.79 Å². The molecule has 162 valence electrons. The Hall–Kier alpha value is -2.78.